The van der Waals surface area contributed by atoms with Gasteiger partial charge in [0.15, 0.2) is 0 Å². The van der Waals surface area contributed by atoms with Crippen molar-refractivity contribution in [2.75, 3.05) is 60.5 Å². The number of likely N-dealkylation sites (N-methyl/N-ethyl adjacent to an activating group) is 1. The molecule has 3 N–H and O–H groups in total. The van der Waals surface area contributed by atoms with Crippen molar-refractivity contribution in [1.29, 1.82) is 0 Å². The second-order valence-corrected chi connectivity index (χ2v) is 11.4. The fourth-order valence-corrected chi connectivity index (χ4v) is 5.33. The molecule has 0 aromatic heterocycles. The second-order valence-electron chi connectivity index (χ2n) is 11.4. The Hall–Kier alpha value is -4.81. The van der Waals surface area contributed by atoms with E-state index in [1.54, 1.807) is 84.6 Å². The summed E-state index contributed by atoms with van der Waals surface area (Å²) in [5.41, 5.74) is 2.10. The predicted octanol–water partition coefficient (Wildman–Crippen LogP) is 4.18. The predicted molar refractivity (Wildman–Crippen MR) is 174 cm³/mol. The Morgan fingerprint density at radius 2 is 1.57 bits per heavy atom. The molecule has 0 aliphatic carbocycles. The van der Waals surface area contributed by atoms with Crippen molar-refractivity contribution in [3.05, 3.63) is 83.4 Å². The highest BCUT2D eigenvalue weighted by atomic mass is 16.7. The number of phenolic OH excluding ortho intramolecular Hbond substituents is 3. The number of amides is 3. The van der Waals surface area contributed by atoms with Gasteiger partial charge >= 0.3 is 6.03 Å². The molecule has 3 aromatic carbocycles. The average molecular weight is 634 g/mol. The molecule has 12 heteroatoms. The topological polar surface area (TPSA) is 139 Å². The van der Waals surface area contributed by atoms with Gasteiger partial charge in [-0.2, -0.15) is 0 Å². The van der Waals surface area contributed by atoms with Crippen molar-refractivity contribution in [3.63, 3.8) is 0 Å². The molecule has 3 amide bonds. The number of para-hydroxylation sites is 1. The monoisotopic (exact) mass is 633 g/mol. The summed E-state index contributed by atoms with van der Waals surface area (Å²) in [7, 11) is 4.57. The number of hydrogen-bond acceptors (Lipinski definition) is 9. The van der Waals surface area contributed by atoms with Gasteiger partial charge in [0.1, 0.15) is 28.8 Å². The SMILES string of the molecule is COc1cc(C(C)C)c(O)cc1C1=NC[C@@H](c2ccc(O)cc2)N1C(=O)N1CCN(CC(=O)N(C)OC)CC1.Oc1ccccc1. The van der Waals surface area contributed by atoms with Gasteiger partial charge in [-0.25, -0.2) is 9.86 Å². The van der Waals surface area contributed by atoms with Crippen LogP contribution in [0.25, 0.3) is 0 Å². The van der Waals surface area contributed by atoms with E-state index in [2.05, 4.69) is 0 Å². The van der Waals surface area contributed by atoms with Crippen LogP contribution in [0.1, 0.15) is 42.5 Å². The third-order valence-corrected chi connectivity index (χ3v) is 8.03. The van der Waals surface area contributed by atoms with Crippen LogP contribution in [0.2, 0.25) is 0 Å². The van der Waals surface area contributed by atoms with E-state index in [4.69, 9.17) is 19.7 Å². The molecule has 5 rings (SSSR count). The standard InChI is InChI=1S/C28H37N5O6.C6H6O/c1-18(2)21-15-25(38-4)22(14-24(21)35)27-29-16-23(19-6-8-20(34)9-7-19)33(27)28(37)32-12-10-31(11-13-32)17-26(36)30(3)39-5;7-6-4-2-1-3-5-6/h6-9,14-15,18,23,34-35H,10-13,16-17H2,1-5H3;1-5,7H/t23-;/m0./s1. The minimum atomic E-state index is -0.403. The molecule has 2 heterocycles. The second kappa shape index (κ2) is 15.5. The molecule has 0 bridgehead atoms. The third kappa shape index (κ3) is 8.06. The first-order valence-electron chi connectivity index (χ1n) is 15.1. The van der Waals surface area contributed by atoms with E-state index in [-0.39, 0.29) is 35.9 Å². The summed E-state index contributed by atoms with van der Waals surface area (Å²) in [4.78, 5) is 41.5. The maximum atomic E-state index is 14.1. The Morgan fingerprint density at radius 1 is 0.935 bits per heavy atom. The van der Waals surface area contributed by atoms with E-state index < -0.39 is 6.04 Å². The number of benzene rings is 3. The summed E-state index contributed by atoms with van der Waals surface area (Å²) in [6, 6.07) is 18.2. The van der Waals surface area contributed by atoms with Crippen molar-refractivity contribution in [2.24, 2.45) is 4.99 Å². The summed E-state index contributed by atoms with van der Waals surface area (Å²) in [5, 5.41) is 30.4. The van der Waals surface area contributed by atoms with Crippen molar-refractivity contribution in [3.8, 4) is 23.0 Å². The van der Waals surface area contributed by atoms with Crippen LogP contribution in [-0.4, -0.2) is 113 Å². The zero-order valence-corrected chi connectivity index (χ0v) is 27.0. The van der Waals surface area contributed by atoms with Crippen molar-refractivity contribution >= 4 is 17.8 Å². The van der Waals surface area contributed by atoms with Gasteiger partial charge in [-0.1, -0.05) is 44.2 Å². The molecule has 0 radical (unpaired) electrons. The molecule has 12 nitrogen and oxygen atoms in total. The molecule has 2 aliphatic rings. The van der Waals surface area contributed by atoms with Gasteiger partial charge in [-0.05, 0) is 47.9 Å². The first-order valence-corrected chi connectivity index (χ1v) is 15.1. The zero-order valence-electron chi connectivity index (χ0n) is 27.0. The fourth-order valence-electron chi connectivity index (χ4n) is 5.33. The lowest BCUT2D eigenvalue weighted by molar-refractivity contribution is -0.170. The van der Waals surface area contributed by atoms with E-state index in [1.807, 2.05) is 24.8 Å². The number of ether oxygens (including phenoxy) is 1. The van der Waals surface area contributed by atoms with Crippen LogP contribution in [0.3, 0.4) is 0 Å². The number of piperazine rings is 1. The van der Waals surface area contributed by atoms with E-state index in [0.29, 0.717) is 55.6 Å². The number of methoxy groups -OCH3 is 1. The van der Waals surface area contributed by atoms with E-state index >= 15 is 0 Å². The number of nitrogens with zero attached hydrogens (tertiary/aromatic N) is 5. The number of rotatable bonds is 7. The van der Waals surface area contributed by atoms with E-state index in [9.17, 15) is 19.8 Å². The lowest BCUT2D eigenvalue weighted by Gasteiger charge is -2.38. The van der Waals surface area contributed by atoms with Gasteiger partial charge in [0.25, 0.3) is 5.91 Å². The largest absolute Gasteiger partial charge is 0.508 e. The van der Waals surface area contributed by atoms with Gasteiger partial charge in [-0.3, -0.25) is 24.4 Å². The Morgan fingerprint density at radius 3 is 2.11 bits per heavy atom. The first kappa shape index (κ1) is 34.1. The molecule has 246 valence electrons. The Bertz CT molecular complexity index is 1510. The summed E-state index contributed by atoms with van der Waals surface area (Å²) in [6.45, 7) is 6.43. The number of hydrogen-bond donors (Lipinski definition) is 3. The molecule has 1 atom stereocenters. The van der Waals surface area contributed by atoms with Gasteiger partial charge in [0.05, 0.1) is 38.9 Å². The highest BCUT2D eigenvalue weighted by Gasteiger charge is 2.39. The lowest BCUT2D eigenvalue weighted by atomic mass is 9.98. The number of carbonyl (C=O) groups is 2. The molecule has 2 aliphatic heterocycles. The van der Waals surface area contributed by atoms with Gasteiger partial charge < -0.3 is 25.0 Å². The van der Waals surface area contributed by atoms with Crippen LogP contribution < -0.4 is 4.74 Å². The van der Waals surface area contributed by atoms with Crippen LogP contribution in [0.5, 0.6) is 23.0 Å². The summed E-state index contributed by atoms with van der Waals surface area (Å²) < 4.78 is 5.68. The molecule has 0 saturated carbocycles. The number of aliphatic imine (C=N–C) groups is 1. The Balaban J connectivity index is 0.000000606. The maximum absolute atomic E-state index is 14.1. The van der Waals surface area contributed by atoms with Crippen LogP contribution in [0, 0.1) is 0 Å². The van der Waals surface area contributed by atoms with Crippen LogP contribution in [0.4, 0.5) is 4.79 Å². The summed E-state index contributed by atoms with van der Waals surface area (Å²) in [6.07, 6.45) is 0. The highest BCUT2D eigenvalue weighted by molar-refractivity contribution is 6.10. The van der Waals surface area contributed by atoms with Crippen molar-refractivity contribution in [1.82, 2.24) is 19.8 Å². The number of aromatic hydroxyl groups is 3. The first-order chi connectivity index (χ1) is 22.0. The molecule has 0 unspecified atom stereocenters. The average Bonchev–Trinajstić information content (AvgIpc) is 3.50. The summed E-state index contributed by atoms with van der Waals surface area (Å²) >= 11 is 0. The van der Waals surface area contributed by atoms with Crippen LogP contribution >= 0.6 is 0 Å². The minimum absolute atomic E-state index is 0.0767. The third-order valence-electron chi connectivity index (χ3n) is 8.03. The number of amidine groups is 1. The number of carbonyl (C=O) groups excluding carboxylic acids is 2. The Labute approximate surface area is 269 Å². The quantitative estimate of drug-likeness (QED) is 0.330. The molecule has 46 heavy (non-hydrogen) atoms. The highest BCUT2D eigenvalue weighted by Crippen LogP contribution is 2.38. The Kier molecular flexibility index (Phi) is 11.4. The number of urea groups is 1. The van der Waals surface area contributed by atoms with Gasteiger partial charge in [0, 0.05) is 38.8 Å². The van der Waals surface area contributed by atoms with E-state index in [0.717, 1.165) is 11.1 Å². The van der Waals surface area contributed by atoms with Crippen LogP contribution in [0.15, 0.2) is 71.7 Å². The molecular formula is C34H43N5O7. The van der Waals surface area contributed by atoms with Gasteiger partial charge in [-0.15, -0.1) is 0 Å². The maximum Gasteiger partial charge on any atom is 0.326 e. The van der Waals surface area contributed by atoms with Crippen molar-refractivity contribution in [2.45, 2.75) is 25.8 Å². The normalized spacial score (nSPS) is 16.5. The zero-order chi connectivity index (χ0) is 33.4. The summed E-state index contributed by atoms with van der Waals surface area (Å²) in [5.74, 6) is 1.43. The minimum Gasteiger partial charge on any atom is -0.508 e. The van der Waals surface area contributed by atoms with E-state index in [1.165, 1.54) is 12.2 Å². The molecule has 1 saturated heterocycles. The van der Waals surface area contributed by atoms with Gasteiger partial charge in [0.2, 0.25) is 0 Å². The lowest BCUT2D eigenvalue weighted by Crippen LogP contribution is -2.55. The smallest absolute Gasteiger partial charge is 0.326 e. The van der Waals surface area contributed by atoms with Crippen LogP contribution in [-0.2, 0) is 9.63 Å². The molecule has 0 spiro atoms. The number of hydroxylamine groups is 2. The molecular weight excluding hydrogens is 590 g/mol. The molecule has 1 fully saturated rings. The van der Waals surface area contributed by atoms with Crippen molar-refractivity contribution < 1.29 is 34.5 Å². The number of phenols is 3. The fraction of sp³-hybridized carbons (Fsp3) is 0.382. The molecule has 3 aromatic rings.